The molecule has 6 nitrogen and oxygen atoms in total. The van der Waals surface area contributed by atoms with Crippen molar-refractivity contribution in [1.82, 2.24) is 0 Å². The monoisotopic (exact) mass is 496 g/mol. The summed E-state index contributed by atoms with van der Waals surface area (Å²) in [7, 11) is 0. The largest absolute Gasteiger partial charge is 0.483 e. The Morgan fingerprint density at radius 1 is 1.25 bits per heavy atom. The summed E-state index contributed by atoms with van der Waals surface area (Å²) in [5.74, 6) is 0.321. The first-order chi connectivity index (χ1) is 16.8. The van der Waals surface area contributed by atoms with E-state index in [-0.39, 0.29) is 47.8 Å². The van der Waals surface area contributed by atoms with Crippen LogP contribution >= 0.6 is 0 Å². The summed E-state index contributed by atoms with van der Waals surface area (Å²) in [6.45, 7) is 16.5. The summed E-state index contributed by atoms with van der Waals surface area (Å²) in [6.07, 6.45) is 6.19. The molecule has 3 fully saturated rings. The Hall–Kier alpha value is -2.37. The molecule has 0 N–H and O–H groups in total. The van der Waals surface area contributed by atoms with Gasteiger partial charge in [0.25, 0.3) is 0 Å². The van der Waals surface area contributed by atoms with Gasteiger partial charge in [0.15, 0.2) is 5.60 Å². The molecule has 0 radical (unpaired) electrons. The molecular formula is C30H40O6. The van der Waals surface area contributed by atoms with Gasteiger partial charge in [0.2, 0.25) is 5.78 Å². The molecule has 1 saturated carbocycles. The van der Waals surface area contributed by atoms with Crippen molar-refractivity contribution in [1.29, 1.82) is 0 Å². The summed E-state index contributed by atoms with van der Waals surface area (Å²) in [5.41, 5.74) is 0.856. The minimum Gasteiger partial charge on any atom is -0.483 e. The van der Waals surface area contributed by atoms with E-state index in [0.717, 1.165) is 18.8 Å². The maximum Gasteiger partial charge on any atom is 0.334 e. The highest BCUT2D eigenvalue weighted by molar-refractivity contribution is 5.99. The maximum atomic E-state index is 13.2. The molecule has 6 aliphatic rings. The van der Waals surface area contributed by atoms with E-state index >= 15 is 0 Å². The van der Waals surface area contributed by atoms with Gasteiger partial charge in [-0.2, -0.15) is 0 Å². The van der Waals surface area contributed by atoms with Crippen LogP contribution in [0.25, 0.3) is 0 Å². The predicted molar refractivity (Wildman–Crippen MR) is 134 cm³/mol. The first kappa shape index (κ1) is 25.3. The number of hydrogen-bond acceptors (Lipinski definition) is 6. The van der Waals surface area contributed by atoms with Crippen LogP contribution in [0, 0.1) is 40.9 Å². The van der Waals surface area contributed by atoms with Crippen molar-refractivity contribution < 1.29 is 28.6 Å². The van der Waals surface area contributed by atoms with Gasteiger partial charge in [0, 0.05) is 36.3 Å². The van der Waals surface area contributed by atoms with E-state index in [1.807, 2.05) is 13.8 Å². The van der Waals surface area contributed by atoms with Gasteiger partial charge in [0.1, 0.15) is 18.0 Å². The lowest BCUT2D eigenvalue weighted by Gasteiger charge is -2.57. The number of ketones is 1. The van der Waals surface area contributed by atoms with Crippen LogP contribution in [0.2, 0.25) is 0 Å². The highest BCUT2D eigenvalue weighted by atomic mass is 16.6. The number of carbonyl (C=O) groups excluding carboxylic acids is 3. The molecule has 0 spiro atoms. The molecule has 196 valence electrons. The molecular weight excluding hydrogens is 456 g/mol. The molecule has 0 aromatic carbocycles. The van der Waals surface area contributed by atoms with Crippen molar-refractivity contribution in [3.63, 3.8) is 0 Å². The SMILES string of the molecule is C=C1C(=O)O[C@@H]2[C@@H](CC3=CC[C@H]4C[C@@H]3C4(C)C)[C@@H](C)C3=CC(=O)[C@](C)(C[C@@H](OC(=O)CC(C)C)[C@@H]12)O3. The number of allylic oxidation sites excluding steroid dienone is 3. The lowest BCUT2D eigenvalue weighted by atomic mass is 9.48. The number of rotatable bonds is 5. The third-order valence-electron chi connectivity index (χ3n) is 9.82. The quantitative estimate of drug-likeness (QED) is 0.291. The van der Waals surface area contributed by atoms with Crippen LogP contribution in [0.4, 0.5) is 0 Å². The number of esters is 2. The first-order valence-corrected chi connectivity index (χ1v) is 13.5. The molecule has 3 heterocycles. The summed E-state index contributed by atoms with van der Waals surface area (Å²) >= 11 is 0. The fraction of sp³-hybridized carbons (Fsp3) is 0.700. The van der Waals surface area contributed by atoms with E-state index in [9.17, 15) is 14.4 Å². The number of fused-ring (bicyclic) bond motifs is 4. The van der Waals surface area contributed by atoms with Gasteiger partial charge in [0.05, 0.1) is 5.92 Å². The molecule has 6 rings (SSSR count). The normalized spacial score (nSPS) is 40.6. The summed E-state index contributed by atoms with van der Waals surface area (Å²) in [6, 6.07) is 0. The molecule has 3 aliphatic carbocycles. The number of ether oxygens (including phenoxy) is 3. The molecule has 8 atom stereocenters. The van der Waals surface area contributed by atoms with Gasteiger partial charge in [-0.3, -0.25) is 9.59 Å². The van der Waals surface area contributed by atoms with Gasteiger partial charge in [-0.25, -0.2) is 4.79 Å². The zero-order chi connectivity index (χ0) is 26.2. The molecule has 36 heavy (non-hydrogen) atoms. The summed E-state index contributed by atoms with van der Waals surface area (Å²) < 4.78 is 18.4. The Labute approximate surface area is 214 Å². The third-order valence-corrected chi connectivity index (χ3v) is 9.82. The average molecular weight is 497 g/mol. The van der Waals surface area contributed by atoms with Crippen LogP contribution < -0.4 is 0 Å². The highest BCUT2D eigenvalue weighted by Crippen LogP contribution is 2.61. The van der Waals surface area contributed by atoms with Crippen LogP contribution in [-0.4, -0.2) is 35.5 Å². The maximum absolute atomic E-state index is 13.2. The van der Waals surface area contributed by atoms with E-state index in [4.69, 9.17) is 14.2 Å². The Morgan fingerprint density at radius 3 is 2.61 bits per heavy atom. The fourth-order valence-corrected chi connectivity index (χ4v) is 7.33. The van der Waals surface area contributed by atoms with Crippen molar-refractivity contribution in [3.8, 4) is 0 Å². The first-order valence-electron chi connectivity index (χ1n) is 13.5. The van der Waals surface area contributed by atoms with Gasteiger partial charge < -0.3 is 14.2 Å². The average Bonchev–Trinajstić information content (AvgIpc) is 3.25. The molecule has 0 unspecified atom stereocenters. The lowest BCUT2D eigenvalue weighted by Crippen LogP contribution is -2.49. The summed E-state index contributed by atoms with van der Waals surface area (Å²) in [5, 5.41) is 0. The van der Waals surface area contributed by atoms with E-state index in [1.54, 1.807) is 13.0 Å². The zero-order valence-electron chi connectivity index (χ0n) is 22.5. The van der Waals surface area contributed by atoms with Crippen molar-refractivity contribution >= 4 is 17.7 Å². The van der Waals surface area contributed by atoms with E-state index in [1.165, 1.54) is 12.0 Å². The van der Waals surface area contributed by atoms with E-state index in [0.29, 0.717) is 17.3 Å². The molecule has 0 amide bonds. The molecule has 0 aromatic rings. The van der Waals surface area contributed by atoms with E-state index in [2.05, 4.69) is 33.4 Å². The molecule has 4 bridgehead atoms. The van der Waals surface area contributed by atoms with Gasteiger partial charge in [-0.05, 0) is 49.4 Å². The Morgan fingerprint density at radius 2 is 1.97 bits per heavy atom. The second kappa shape index (κ2) is 8.59. The van der Waals surface area contributed by atoms with E-state index < -0.39 is 29.7 Å². The smallest absolute Gasteiger partial charge is 0.334 e. The highest BCUT2D eigenvalue weighted by Gasteiger charge is 2.58. The Kier molecular flexibility index (Phi) is 6.04. The second-order valence-corrected chi connectivity index (χ2v) is 13.0. The standard InChI is InChI=1S/C30H40O6/c1-15(2)10-25(32)34-23-14-30(7)24(31)13-22(36-30)16(3)20(27-26(23)17(4)28(33)35-27)11-18-8-9-19-12-21(18)29(19,5)6/h8,13,15-16,19-21,23,26-27H,4,9-12,14H2,1-3,5-7H3/t16-,19+,20+,21+,23-,26-,27-,30+/m1/s1. The molecule has 6 heteroatoms. The minimum absolute atomic E-state index is 0.122. The van der Waals surface area contributed by atoms with Crippen LogP contribution in [0.1, 0.15) is 73.6 Å². The van der Waals surface area contributed by atoms with Gasteiger partial charge in [-0.15, -0.1) is 0 Å². The molecule has 0 aromatic heterocycles. The second-order valence-electron chi connectivity index (χ2n) is 13.0. The number of carbonyl (C=O) groups is 3. The van der Waals surface area contributed by atoms with Gasteiger partial charge >= 0.3 is 11.9 Å². The van der Waals surface area contributed by atoms with Gasteiger partial charge in [-0.1, -0.05) is 52.8 Å². The van der Waals surface area contributed by atoms with Crippen LogP contribution in [0.3, 0.4) is 0 Å². The van der Waals surface area contributed by atoms with Crippen molar-refractivity contribution in [3.05, 3.63) is 35.6 Å². The zero-order valence-corrected chi connectivity index (χ0v) is 22.5. The Bertz CT molecular complexity index is 1060. The lowest BCUT2D eigenvalue weighted by molar-refractivity contribution is -0.159. The minimum atomic E-state index is -1.15. The predicted octanol–water partition coefficient (Wildman–Crippen LogP) is 5.32. The molecule has 2 saturated heterocycles. The number of hydrogen-bond donors (Lipinski definition) is 0. The van der Waals surface area contributed by atoms with Crippen LogP contribution in [0.15, 0.2) is 35.6 Å². The van der Waals surface area contributed by atoms with Crippen molar-refractivity contribution in [2.75, 3.05) is 0 Å². The topological polar surface area (TPSA) is 78.9 Å². The van der Waals surface area contributed by atoms with Crippen molar-refractivity contribution in [2.45, 2.75) is 91.5 Å². The third kappa shape index (κ3) is 3.95. The Balaban J connectivity index is 1.54. The molecule has 3 aliphatic heterocycles. The van der Waals surface area contributed by atoms with Crippen LogP contribution in [-0.2, 0) is 28.6 Å². The summed E-state index contributed by atoms with van der Waals surface area (Å²) in [4.78, 5) is 38.9. The van der Waals surface area contributed by atoms with Crippen LogP contribution in [0.5, 0.6) is 0 Å². The van der Waals surface area contributed by atoms with Crippen molar-refractivity contribution in [2.24, 2.45) is 40.9 Å². The fourth-order valence-electron chi connectivity index (χ4n) is 7.33.